The molecule has 0 spiro atoms. The van der Waals surface area contributed by atoms with Crippen LogP contribution in [0.3, 0.4) is 0 Å². The molecule has 0 unspecified atom stereocenters. The molecule has 32 heavy (non-hydrogen) atoms. The Morgan fingerprint density at radius 2 is 1.97 bits per heavy atom. The number of para-hydroxylation sites is 1. The lowest BCUT2D eigenvalue weighted by molar-refractivity contribution is -0.115. The molecule has 2 aromatic carbocycles. The second kappa shape index (κ2) is 9.48. The summed E-state index contributed by atoms with van der Waals surface area (Å²) < 4.78 is 2.21. The topological polar surface area (TPSA) is 62.5 Å². The number of thioether (sulfide) groups is 1. The Balaban J connectivity index is 1.34. The van der Waals surface area contributed by atoms with Crippen molar-refractivity contribution < 1.29 is 4.79 Å². The van der Waals surface area contributed by atoms with Gasteiger partial charge in [0.15, 0.2) is 5.17 Å². The van der Waals surface area contributed by atoms with E-state index in [4.69, 9.17) is 11.6 Å². The summed E-state index contributed by atoms with van der Waals surface area (Å²) in [6.45, 7) is 4.33. The number of carbonyl (C=O) groups excluding carboxylic acids is 1. The maximum Gasteiger partial charge on any atom is 0.264 e. The van der Waals surface area contributed by atoms with Gasteiger partial charge in [-0.2, -0.15) is 0 Å². The Bertz CT molecular complexity index is 1210. The minimum absolute atomic E-state index is 0.153. The first-order valence-corrected chi connectivity index (χ1v) is 12.1. The zero-order chi connectivity index (χ0) is 21.9. The quantitative estimate of drug-likeness (QED) is 0.534. The number of benzene rings is 2. The Morgan fingerprint density at radius 3 is 2.81 bits per heavy atom. The fourth-order valence-electron chi connectivity index (χ4n) is 4.06. The normalized spacial score (nSPS) is 19.8. The summed E-state index contributed by atoms with van der Waals surface area (Å²) >= 11 is 7.51. The fraction of sp³-hybridized carbons (Fsp3) is 0.292. The van der Waals surface area contributed by atoms with E-state index in [0.717, 1.165) is 29.7 Å². The van der Waals surface area contributed by atoms with E-state index in [1.165, 1.54) is 44.1 Å². The SMILES string of the molecule is O=C1NC(=Nc2ccccc2Cl)SC1=Cc1ccc2ncn(CCN3CCCCC3)c2c1. The number of aromatic nitrogens is 2. The molecule has 1 amide bonds. The number of hydrogen-bond donors (Lipinski definition) is 1. The molecule has 6 nitrogen and oxygen atoms in total. The van der Waals surface area contributed by atoms with Crippen LogP contribution in [0.2, 0.25) is 5.02 Å². The van der Waals surface area contributed by atoms with E-state index in [0.29, 0.717) is 20.8 Å². The van der Waals surface area contributed by atoms with E-state index < -0.39 is 0 Å². The van der Waals surface area contributed by atoms with E-state index in [-0.39, 0.29) is 5.91 Å². The third kappa shape index (κ3) is 4.75. The maximum absolute atomic E-state index is 12.5. The van der Waals surface area contributed by atoms with Crippen LogP contribution in [0.1, 0.15) is 24.8 Å². The van der Waals surface area contributed by atoms with Crippen molar-refractivity contribution in [3.05, 3.63) is 64.3 Å². The molecule has 2 saturated heterocycles. The van der Waals surface area contributed by atoms with E-state index in [1.807, 2.05) is 42.7 Å². The van der Waals surface area contributed by atoms with Crippen LogP contribution in [0.25, 0.3) is 17.1 Å². The lowest BCUT2D eigenvalue weighted by Gasteiger charge is -2.26. The van der Waals surface area contributed by atoms with Crippen LogP contribution in [-0.4, -0.2) is 45.2 Å². The van der Waals surface area contributed by atoms with E-state index >= 15 is 0 Å². The van der Waals surface area contributed by atoms with Crippen LogP contribution < -0.4 is 5.32 Å². The zero-order valence-corrected chi connectivity index (χ0v) is 19.2. The number of aliphatic imine (C=N–C) groups is 1. The third-order valence-electron chi connectivity index (χ3n) is 5.77. The number of rotatable bonds is 5. The molecule has 0 bridgehead atoms. The molecule has 0 aliphatic carbocycles. The zero-order valence-electron chi connectivity index (χ0n) is 17.6. The molecule has 164 valence electrons. The van der Waals surface area contributed by atoms with Crippen LogP contribution in [0, 0.1) is 0 Å². The minimum Gasteiger partial charge on any atom is -0.329 e. The summed E-state index contributed by atoms with van der Waals surface area (Å²) in [6, 6.07) is 13.4. The molecule has 3 heterocycles. The summed E-state index contributed by atoms with van der Waals surface area (Å²) in [6.07, 6.45) is 7.75. The highest BCUT2D eigenvalue weighted by Crippen LogP contribution is 2.31. The molecule has 0 saturated carbocycles. The predicted molar refractivity (Wildman–Crippen MR) is 132 cm³/mol. The first kappa shape index (κ1) is 21.2. The van der Waals surface area contributed by atoms with Crippen molar-refractivity contribution in [2.45, 2.75) is 25.8 Å². The number of imidazole rings is 1. The van der Waals surface area contributed by atoms with Gasteiger partial charge in [0, 0.05) is 13.1 Å². The number of nitrogens with one attached hydrogen (secondary N) is 1. The smallest absolute Gasteiger partial charge is 0.264 e. The molecule has 2 fully saturated rings. The number of piperidine rings is 1. The lowest BCUT2D eigenvalue weighted by Crippen LogP contribution is -2.32. The molecule has 1 N–H and O–H groups in total. The van der Waals surface area contributed by atoms with Crippen molar-refractivity contribution in [3.63, 3.8) is 0 Å². The number of nitrogens with zero attached hydrogens (tertiary/aromatic N) is 4. The van der Waals surface area contributed by atoms with Crippen LogP contribution in [0.15, 0.2) is 58.7 Å². The van der Waals surface area contributed by atoms with Gasteiger partial charge in [0.1, 0.15) is 0 Å². The van der Waals surface area contributed by atoms with Gasteiger partial charge in [-0.1, -0.05) is 36.2 Å². The van der Waals surface area contributed by atoms with Crippen molar-refractivity contribution in [3.8, 4) is 0 Å². The van der Waals surface area contributed by atoms with Gasteiger partial charge in [-0.05, 0) is 73.6 Å². The summed E-state index contributed by atoms with van der Waals surface area (Å²) in [4.78, 5) is 24.6. The second-order valence-electron chi connectivity index (χ2n) is 8.02. The Kier molecular flexibility index (Phi) is 6.30. The average Bonchev–Trinajstić information content (AvgIpc) is 3.37. The lowest BCUT2D eigenvalue weighted by atomic mass is 10.1. The van der Waals surface area contributed by atoms with Crippen molar-refractivity contribution in [1.29, 1.82) is 0 Å². The minimum atomic E-state index is -0.153. The Labute approximate surface area is 196 Å². The van der Waals surface area contributed by atoms with Crippen LogP contribution >= 0.6 is 23.4 Å². The molecule has 8 heteroatoms. The van der Waals surface area contributed by atoms with Gasteiger partial charge in [-0.25, -0.2) is 9.98 Å². The number of amidine groups is 1. The molecule has 0 radical (unpaired) electrons. The van der Waals surface area contributed by atoms with Crippen molar-refractivity contribution >= 4 is 57.2 Å². The van der Waals surface area contributed by atoms with Gasteiger partial charge in [0.2, 0.25) is 0 Å². The molecule has 3 aromatic rings. The average molecular weight is 466 g/mol. The first-order chi connectivity index (χ1) is 15.7. The molecule has 0 atom stereocenters. The molecule has 5 rings (SSSR count). The summed E-state index contributed by atoms with van der Waals surface area (Å²) in [7, 11) is 0. The highest BCUT2D eigenvalue weighted by molar-refractivity contribution is 8.18. The van der Waals surface area contributed by atoms with Crippen LogP contribution in [-0.2, 0) is 11.3 Å². The predicted octanol–water partition coefficient (Wildman–Crippen LogP) is 5.07. The number of carbonyl (C=O) groups is 1. The summed E-state index contributed by atoms with van der Waals surface area (Å²) in [5.74, 6) is -0.153. The molecule has 2 aliphatic rings. The number of hydrogen-bond acceptors (Lipinski definition) is 5. The second-order valence-corrected chi connectivity index (χ2v) is 9.46. The van der Waals surface area contributed by atoms with Gasteiger partial charge in [0.25, 0.3) is 5.91 Å². The van der Waals surface area contributed by atoms with Crippen molar-refractivity contribution in [1.82, 2.24) is 19.8 Å². The standard InChI is InChI=1S/C24H24ClN5OS/c25-18-6-2-3-7-19(18)27-24-28-23(31)22(32-24)15-17-8-9-20-21(14-17)30(16-26-20)13-12-29-10-4-1-5-11-29/h2-3,6-9,14-16H,1,4-5,10-13H2,(H,27,28,31). The van der Waals surface area contributed by atoms with Gasteiger partial charge in [0.05, 0.1) is 33.0 Å². The Hall–Kier alpha value is -2.61. The van der Waals surface area contributed by atoms with E-state index in [1.54, 1.807) is 6.07 Å². The monoisotopic (exact) mass is 465 g/mol. The number of halogens is 1. The molecular formula is C24H24ClN5OS. The van der Waals surface area contributed by atoms with E-state index in [2.05, 4.69) is 30.8 Å². The Morgan fingerprint density at radius 1 is 1.12 bits per heavy atom. The first-order valence-electron chi connectivity index (χ1n) is 10.9. The van der Waals surface area contributed by atoms with E-state index in [9.17, 15) is 4.79 Å². The van der Waals surface area contributed by atoms with Gasteiger partial charge < -0.3 is 14.8 Å². The summed E-state index contributed by atoms with van der Waals surface area (Å²) in [5, 5.41) is 3.91. The van der Waals surface area contributed by atoms with Gasteiger partial charge in [-0.3, -0.25) is 4.79 Å². The number of fused-ring (bicyclic) bond motifs is 1. The van der Waals surface area contributed by atoms with Gasteiger partial charge >= 0.3 is 0 Å². The van der Waals surface area contributed by atoms with Crippen molar-refractivity contribution in [2.24, 2.45) is 4.99 Å². The molecule has 2 aliphatic heterocycles. The fourth-order valence-corrected chi connectivity index (χ4v) is 5.07. The highest BCUT2D eigenvalue weighted by Gasteiger charge is 2.24. The van der Waals surface area contributed by atoms with Crippen LogP contribution in [0.5, 0.6) is 0 Å². The summed E-state index contributed by atoms with van der Waals surface area (Å²) in [5.41, 5.74) is 3.66. The maximum atomic E-state index is 12.5. The van der Waals surface area contributed by atoms with Gasteiger partial charge in [-0.15, -0.1) is 0 Å². The number of amides is 1. The largest absolute Gasteiger partial charge is 0.329 e. The van der Waals surface area contributed by atoms with Crippen molar-refractivity contribution in [2.75, 3.05) is 19.6 Å². The highest BCUT2D eigenvalue weighted by atomic mass is 35.5. The number of likely N-dealkylation sites (tertiary alicyclic amines) is 1. The molecule has 1 aromatic heterocycles. The molecular weight excluding hydrogens is 442 g/mol. The third-order valence-corrected chi connectivity index (χ3v) is 7.00. The van der Waals surface area contributed by atoms with Crippen LogP contribution in [0.4, 0.5) is 5.69 Å².